The highest BCUT2D eigenvalue weighted by atomic mass is 32.1. The van der Waals surface area contributed by atoms with Gasteiger partial charge in [-0.3, -0.25) is 9.20 Å². The van der Waals surface area contributed by atoms with Crippen molar-refractivity contribution < 1.29 is 14.7 Å². The van der Waals surface area contributed by atoms with Crippen LogP contribution >= 0.6 is 11.3 Å². The Balaban J connectivity index is 1.80. The molecule has 0 bridgehead atoms. The molecule has 2 aromatic rings. The molecule has 0 aliphatic carbocycles. The van der Waals surface area contributed by atoms with Crippen molar-refractivity contribution in [3.63, 3.8) is 0 Å². The van der Waals surface area contributed by atoms with Gasteiger partial charge in [0, 0.05) is 23.8 Å². The molecule has 6 nitrogen and oxygen atoms in total. The average Bonchev–Trinajstić information content (AvgIpc) is 3.05. The molecule has 2 aromatic heterocycles. The summed E-state index contributed by atoms with van der Waals surface area (Å²) >= 11 is 1.49. The minimum atomic E-state index is -0.912. The number of carbonyl (C=O) groups is 2. The lowest BCUT2D eigenvalue weighted by molar-refractivity contribution is -0.148. The minimum Gasteiger partial charge on any atom is -0.480 e. The maximum atomic E-state index is 12.3. The number of aliphatic carboxylic acids is 1. The highest BCUT2D eigenvalue weighted by molar-refractivity contribution is 7.15. The highest BCUT2D eigenvalue weighted by Gasteiger charge is 2.34. The summed E-state index contributed by atoms with van der Waals surface area (Å²) in [5.41, 5.74) is 1.78. The van der Waals surface area contributed by atoms with Gasteiger partial charge in [0.1, 0.15) is 6.04 Å². The van der Waals surface area contributed by atoms with Gasteiger partial charge in [-0.25, -0.2) is 9.78 Å². The SMILES string of the molecule is Cc1cn2c(CC(=O)N3CCC[C@@H]3C(=O)O)csc2n1. The zero-order chi connectivity index (χ0) is 14.3. The number of thiazole rings is 1. The van der Waals surface area contributed by atoms with Crippen LogP contribution < -0.4 is 0 Å². The summed E-state index contributed by atoms with van der Waals surface area (Å²) in [4.78, 5) is 30.1. The Morgan fingerprint density at radius 3 is 3.10 bits per heavy atom. The molecule has 0 spiro atoms. The Morgan fingerprint density at radius 2 is 2.35 bits per heavy atom. The maximum Gasteiger partial charge on any atom is 0.326 e. The first kappa shape index (κ1) is 13.1. The molecule has 20 heavy (non-hydrogen) atoms. The van der Waals surface area contributed by atoms with Crippen LogP contribution in [-0.4, -0.2) is 43.9 Å². The van der Waals surface area contributed by atoms with Gasteiger partial charge in [0.25, 0.3) is 0 Å². The molecule has 1 N–H and O–H groups in total. The number of nitrogens with zero attached hydrogens (tertiary/aromatic N) is 3. The number of hydrogen-bond acceptors (Lipinski definition) is 4. The van der Waals surface area contributed by atoms with Crippen LogP contribution in [0.15, 0.2) is 11.6 Å². The number of aryl methyl sites for hydroxylation is 1. The predicted molar refractivity (Wildman–Crippen MR) is 73.9 cm³/mol. The average molecular weight is 293 g/mol. The van der Waals surface area contributed by atoms with Gasteiger partial charge in [0.05, 0.1) is 12.1 Å². The first-order chi connectivity index (χ1) is 9.56. The molecule has 0 aromatic carbocycles. The van der Waals surface area contributed by atoms with E-state index in [0.29, 0.717) is 13.0 Å². The molecule has 106 valence electrons. The number of hydrogen-bond donors (Lipinski definition) is 1. The number of likely N-dealkylation sites (tertiary alicyclic amines) is 1. The molecule has 1 amide bonds. The summed E-state index contributed by atoms with van der Waals surface area (Å²) in [5.74, 6) is -1.04. The molecular weight excluding hydrogens is 278 g/mol. The lowest BCUT2D eigenvalue weighted by Crippen LogP contribution is -2.41. The van der Waals surface area contributed by atoms with E-state index in [9.17, 15) is 9.59 Å². The van der Waals surface area contributed by atoms with Crippen molar-refractivity contribution in [3.8, 4) is 0 Å². The van der Waals surface area contributed by atoms with E-state index in [0.717, 1.165) is 22.8 Å². The van der Waals surface area contributed by atoms with Crippen molar-refractivity contribution in [2.24, 2.45) is 0 Å². The normalized spacial score (nSPS) is 18.9. The number of aromatic nitrogens is 2. The smallest absolute Gasteiger partial charge is 0.326 e. The first-order valence-electron chi connectivity index (χ1n) is 6.50. The third-order valence-corrected chi connectivity index (χ3v) is 4.48. The molecular formula is C13H15N3O3S. The zero-order valence-corrected chi connectivity index (χ0v) is 11.9. The number of amides is 1. The zero-order valence-electron chi connectivity index (χ0n) is 11.1. The monoisotopic (exact) mass is 293 g/mol. The number of carboxylic acids is 1. The molecule has 0 saturated carbocycles. The predicted octanol–water partition coefficient (Wildman–Crippen LogP) is 1.32. The van der Waals surface area contributed by atoms with Crippen LogP contribution in [0.5, 0.6) is 0 Å². The van der Waals surface area contributed by atoms with Crippen molar-refractivity contribution in [1.82, 2.24) is 14.3 Å². The van der Waals surface area contributed by atoms with E-state index < -0.39 is 12.0 Å². The molecule has 0 radical (unpaired) electrons. The number of carboxylic acid groups (broad SMARTS) is 1. The fraction of sp³-hybridized carbons (Fsp3) is 0.462. The number of imidazole rings is 1. The number of rotatable bonds is 3. The second kappa shape index (κ2) is 4.90. The third kappa shape index (κ3) is 2.18. The number of fused-ring (bicyclic) bond motifs is 1. The second-order valence-electron chi connectivity index (χ2n) is 5.02. The van der Waals surface area contributed by atoms with Crippen LogP contribution in [0.2, 0.25) is 0 Å². The Morgan fingerprint density at radius 1 is 1.55 bits per heavy atom. The van der Waals surface area contributed by atoms with Gasteiger partial charge in [-0.1, -0.05) is 0 Å². The van der Waals surface area contributed by atoms with Gasteiger partial charge in [0.15, 0.2) is 4.96 Å². The van der Waals surface area contributed by atoms with Gasteiger partial charge in [-0.05, 0) is 19.8 Å². The quantitative estimate of drug-likeness (QED) is 0.926. The molecule has 1 aliphatic heterocycles. The summed E-state index contributed by atoms with van der Waals surface area (Å²) < 4.78 is 1.91. The summed E-state index contributed by atoms with van der Waals surface area (Å²) in [6.45, 7) is 2.44. The summed E-state index contributed by atoms with van der Waals surface area (Å²) in [6.07, 6.45) is 3.42. The van der Waals surface area contributed by atoms with E-state index in [1.165, 1.54) is 16.2 Å². The van der Waals surface area contributed by atoms with E-state index in [2.05, 4.69) is 4.98 Å². The van der Waals surface area contributed by atoms with Crippen molar-refractivity contribution in [2.75, 3.05) is 6.54 Å². The first-order valence-corrected chi connectivity index (χ1v) is 7.38. The Labute approximate surface area is 119 Å². The van der Waals surface area contributed by atoms with Gasteiger partial charge < -0.3 is 10.0 Å². The third-order valence-electron chi connectivity index (χ3n) is 3.59. The van der Waals surface area contributed by atoms with Crippen LogP contribution in [0.25, 0.3) is 4.96 Å². The van der Waals surface area contributed by atoms with Crippen LogP contribution in [0.3, 0.4) is 0 Å². The van der Waals surface area contributed by atoms with E-state index in [4.69, 9.17) is 5.11 Å². The van der Waals surface area contributed by atoms with E-state index in [-0.39, 0.29) is 12.3 Å². The number of carbonyl (C=O) groups excluding carboxylic acids is 1. The van der Waals surface area contributed by atoms with Gasteiger partial charge in [-0.2, -0.15) is 0 Å². The Kier molecular flexibility index (Phi) is 3.21. The summed E-state index contributed by atoms with van der Waals surface area (Å²) in [6, 6.07) is -0.666. The summed E-state index contributed by atoms with van der Waals surface area (Å²) in [7, 11) is 0. The molecule has 3 heterocycles. The standard InChI is InChI=1S/C13H15N3O3S/c1-8-6-16-9(7-20-13(16)14-8)5-11(17)15-4-2-3-10(15)12(18)19/h6-7,10H,2-5H2,1H3,(H,18,19)/t10-/m1/s1. The largest absolute Gasteiger partial charge is 0.480 e. The summed E-state index contributed by atoms with van der Waals surface area (Å²) in [5, 5.41) is 11.0. The van der Waals surface area contributed by atoms with Crippen LogP contribution in [0.4, 0.5) is 0 Å². The van der Waals surface area contributed by atoms with E-state index >= 15 is 0 Å². The molecule has 1 atom stereocenters. The molecule has 0 unspecified atom stereocenters. The van der Waals surface area contributed by atoms with Gasteiger partial charge in [-0.15, -0.1) is 11.3 Å². The lowest BCUT2D eigenvalue weighted by Gasteiger charge is -2.21. The van der Waals surface area contributed by atoms with Crippen molar-refractivity contribution >= 4 is 28.2 Å². The van der Waals surface area contributed by atoms with Crippen molar-refractivity contribution in [1.29, 1.82) is 0 Å². The van der Waals surface area contributed by atoms with Gasteiger partial charge >= 0.3 is 5.97 Å². The second-order valence-corrected chi connectivity index (χ2v) is 5.86. The fourth-order valence-corrected chi connectivity index (χ4v) is 3.57. The van der Waals surface area contributed by atoms with Crippen molar-refractivity contribution in [3.05, 3.63) is 23.0 Å². The highest BCUT2D eigenvalue weighted by Crippen LogP contribution is 2.21. The van der Waals surface area contributed by atoms with Gasteiger partial charge in [0.2, 0.25) is 5.91 Å². The van der Waals surface area contributed by atoms with Crippen LogP contribution in [-0.2, 0) is 16.0 Å². The van der Waals surface area contributed by atoms with E-state index in [1.54, 1.807) is 0 Å². The minimum absolute atomic E-state index is 0.124. The topological polar surface area (TPSA) is 74.9 Å². The molecule has 1 aliphatic rings. The Bertz CT molecular complexity index is 676. The molecule has 7 heteroatoms. The lowest BCUT2D eigenvalue weighted by atomic mass is 10.2. The van der Waals surface area contributed by atoms with E-state index in [1.807, 2.05) is 22.9 Å². The van der Waals surface area contributed by atoms with Crippen molar-refractivity contribution in [2.45, 2.75) is 32.2 Å². The molecule has 1 fully saturated rings. The van der Waals surface area contributed by atoms with Crippen LogP contribution in [0, 0.1) is 6.92 Å². The fourth-order valence-electron chi connectivity index (χ4n) is 2.65. The molecule has 1 saturated heterocycles. The maximum absolute atomic E-state index is 12.3. The Hall–Kier alpha value is -1.89. The molecule has 3 rings (SSSR count). The van der Waals surface area contributed by atoms with Crippen LogP contribution in [0.1, 0.15) is 24.2 Å².